The summed E-state index contributed by atoms with van der Waals surface area (Å²) in [5, 5.41) is 14.3. The molecule has 0 spiro atoms. The molecule has 0 saturated carbocycles. The van der Waals surface area contributed by atoms with Crippen LogP contribution in [0, 0.1) is 11.3 Å². The molecule has 5 aromatic carbocycles. The molecule has 40 heavy (non-hydrogen) atoms. The van der Waals surface area contributed by atoms with Crippen LogP contribution >= 0.6 is 0 Å². The number of pyridine rings is 1. The first-order chi connectivity index (χ1) is 19.8. The van der Waals surface area contributed by atoms with Crippen molar-refractivity contribution in [1.29, 1.82) is 5.26 Å². The van der Waals surface area contributed by atoms with E-state index in [1.807, 2.05) is 36.4 Å². The van der Waals surface area contributed by atoms with Crippen molar-refractivity contribution in [3.05, 3.63) is 133 Å². The van der Waals surface area contributed by atoms with Crippen molar-refractivity contribution < 1.29 is 4.42 Å². The Balaban J connectivity index is 1.46. The van der Waals surface area contributed by atoms with Crippen LogP contribution in [0.25, 0.3) is 71.7 Å². The van der Waals surface area contributed by atoms with E-state index >= 15 is 0 Å². The van der Waals surface area contributed by atoms with E-state index in [-0.39, 0.29) is 0 Å². The third-order valence-electron chi connectivity index (χ3n) is 7.72. The number of fused-ring (bicyclic) bond motifs is 7. The van der Waals surface area contributed by atoms with Gasteiger partial charge in [-0.3, -0.25) is 0 Å². The quantitative estimate of drug-likeness (QED) is 0.237. The van der Waals surface area contributed by atoms with E-state index in [1.165, 1.54) is 10.8 Å². The molecule has 0 aliphatic carbocycles. The van der Waals surface area contributed by atoms with Crippen molar-refractivity contribution in [3.8, 4) is 34.0 Å². The van der Waals surface area contributed by atoms with Crippen LogP contribution in [0.5, 0.6) is 0 Å². The minimum atomic E-state index is 0.421. The second-order valence-electron chi connectivity index (χ2n) is 9.89. The van der Waals surface area contributed by atoms with Gasteiger partial charge in [0, 0.05) is 33.5 Å². The maximum Gasteiger partial charge on any atom is 0.148 e. The summed E-state index contributed by atoms with van der Waals surface area (Å²) in [5.41, 5.74) is 9.47. The first kappa shape index (κ1) is 22.3. The molecule has 186 valence electrons. The standard InChI is InChI=1S/C36H21N3O/c37-22-30-25(14-8-20-38-30)23-9-7-10-24(21-23)26-11-1-4-15-31(26)39-32-16-5-2-12-27(32)28-18-19-34-35(36(28)39)29-13-3-6-17-33(29)40-34/h1-21H. The molecule has 8 rings (SSSR count). The third-order valence-corrected chi connectivity index (χ3v) is 7.72. The number of nitriles is 1. The molecule has 3 heterocycles. The maximum atomic E-state index is 9.66. The van der Waals surface area contributed by atoms with Gasteiger partial charge in [-0.25, -0.2) is 4.98 Å². The molecule has 0 unspecified atom stereocenters. The van der Waals surface area contributed by atoms with E-state index in [2.05, 4.69) is 101 Å². The van der Waals surface area contributed by atoms with E-state index < -0.39 is 0 Å². The van der Waals surface area contributed by atoms with E-state index in [0.29, 0.717) is 5.69 Å². The molecule has 0 radical (unpaired) electrons. The smallest absolute Gasteiger partial charge is 0.148 e. The Bertz CT molecular complexity index is 2300. The number of para-hydroxylation sites is 3. The minimum Gasteiger partial charge on any atom is -0.456 e. The Morgan fingerprint density at radius 1 is 0.625 bits per heavy atom. The molecule has 4 nitrogen and oxygen atoms in total. The Kier molecular flexibility index (Phi) is 4.85. The van der Waals surface area contributed by atoms with Crippen LogP contribution in [0.4, 0.5) is 0 Å². The number of aromatic nitrogens is 2. The summed E-state index contributed by atoms with van der Waals surface area (Å²) >= 11 is 0. The predicted molar refractivity (Wildman–Crippen MR) is 161 cm³/mol. The topological polar surface area (TPSA) is 54.8 Å². The summed E-state index contributed by atoms with van der Waals surface area (Å²) < 4.78 is 8.68. The second-order valence-corrected chi connectivity index (χ2v) is 9.89. The molecule has 0 aliphatic heterocycles. The van der Waals surface area contributed by atoms with Crippen LogP contribution in [-0.4, -0.2) is 9.55 Å². The van der Waals surface area contributed by atoms with Crippen LogP contribution in [-0.2, 0) is 0 Å². The van der Waals surface area contributed by atoms with Crippen LogP contribution in [0.15, 0.2) is 132 Å². The van der Waals surface area contributed by atoms with E-state index in [0.717, 1.165) is 60.9 Å². The zero-order chi connectivity index (χ0) is 26.6. The number of furan rings is 1. The molecule has 0 fully saturated rings. The molecule has 8 aromatic rings. The van der Waals surface area contributed by atoms with Gasteiger partial charge in [0.05, 0.1) is 22.1 Å². The monoisotopic (exact) mass is 511 g/mol. The van der Waals surface area contributed by atoms with Gasteiger partial charge in [0.1, 0.15) is 22.9 Å². The van der Waals surface area contributed by atoms with Crippen LogP contribution < -0.4 is 0 Å². The molecule has 0 bridgehead atoms. The largest absolute Gasteiger partial charge is 0.456 e. The number of nitrogens with zero attached hydrogens (tertiary/aromatic N) is 3. The summed E-state index contributed by atoms with van der Waals surface area (Å²) in [6.07, 6.45) is 1.66. The van der Waals surface area contributed by atoms with Gasteiger partial charge in [0.25, 0.3) is 0 Å². The Hall–Kier alpha value is -5.66. The SMILES string of the molecule is N#Cc1ncccc1-c1cccc(-c2ccccc2-n2c3ccccc3c3ccc4oc5ccccc5c4c32)c1. The minimum absolute atomic E-state index is 0.421. The first-order valence-electron chi connectivity index (χ1n) is 13.2. The second kappa shape index (κ2) is 8.69. The molecule has 0 atom stereocenters. The van der Waals surface area contributed by atoms with E-state index in [9.17, 15) is 5.26 Å². The van der Waals surface area contributed by atoms with E-state index in [4.69, 9.17) is 4.42 Å². The number of rotatable bonds is 3. The molecular weight excluding hydrogens is 490 g/mol. The van der Waals surface area contributed by atoms with Crippen LogP contribution in [0.3, 0.4) is 0 Å². The average Bonchev–Trinajstić information content (AvgIpc) is 3.57. The summed E-state index contributed by atoms with van der Waals surface area (Å²) in [6, 6.07) is 44.0. The van der Waals surface area contributed by atoms with E-state index in [1.54, 1.807) is 6.20 Å². The van der Waals surface area contributed by atoms with Crippen molar-refractivity contribution in [2.75, 3.05) is 0 Å². The Morgan fingerprint density at radius 3 is 2.27 bits per heavy atom. The van der Waals surface area contributed by atoms with Crippen molar-refractivity contribution in [2.24, 2.45) is 0 Å². The molecule has 0 saturated heterocycles. The van der Waals surface area contributed by atoms with Gasteiger partial charge in [0.15, 0.2) is 0 Å². The van der Waals surface area contributed by atoms with Crippen LogP contribution in [0.1, 0.15) is 5.69 Å². The van der Waals surface area contributed by atoms with Gasteiger partial charge >= 0.3 is 0 Å². The fraction of sp³-hybridized carbons (Fsp3) is 0. The van der Waals surface area contributed by atoms with Gasteiger partial charge in [-0.05, 0) is 59.7 Å². The summed E-state index contributed by atoms with van der Waals surface area (Å²) in [6.45, 7) is 0. The molecule has 0 N–H and O–H groups in total. The van der Waals surface area contributed by atoms with Gasteiger partial charge in [-0.15, -0.1) is 0 Å². The molecule has 0 amide bonds. The van der Waals surface area contributed by atoms with Gasteiger partial charge in [-0.2, -0.15) is 5.26 Å². The highest BCUT2D eigenvalue weighted by molar-refractivity contribution is 6.24. The Labute approximate surface area is 230 Å². The predicted octanol–water partition coefficient (Wildman–Crippen LogP) is 9.28. The van der Waals surface area contributed by atoms with Crippen molar-refractivity contribution in [2.45, 2.75) is 0 Å². The van der Waals surface area contributed by atoms with Crippen molar-refractivity contribution in [3.63, 3.8) is 0 Å². The highest BCUT2D eigenvalue weighted by Crippen LogP contribution is 2.42. The molecular formula is C36H21N3O. The molecule has 3 aromatic heterocycles. The Morgan fingerprint density at radius 2 is 1.38 bits per heavy atom. The number of hydrogen-bond acceptors (Lipinski definition) is 3. The maximum absolute atomic E-state index is 9.66. The zero-order valence-corrected chi connectivity index (χ0v) is 21.4. The lowest BCUT2D eigenvalue weighted by Gasteiger charge is -2.15. The van der Waals surface area contributed by atoms with Gasteiger partial charge in [-0.1, -0.05) is 72.8 Å². The zero-order valence-electron chi connectivity index (χ0n) is 21.4. The number of hydrogen-bond donors (Lipinski definition) is 0. The van der Waals surface area contributed by atoms with Gasteiger partial charge in [0.2, 0.25) is 0 Å². The molecule has 4 heteroatoms. The average molecular weight is 512 g/mol. The summed E-state index contributed by atoms with van der Waals surface area (Å²) in [7, 11) is 0. The molecule has 0 aliphatic rings. The highest BCUT2D eigenvalue weighted by atomic mass is 16.3. The highest BCUT2D eigenvalue weighted by Gasteiger charge is 2.20. The summed E-state index contributed by atoms with van der Waals surface area (Å²) in [4.78, 5) is 4.28. The normalized spacial score (nSPS) is 11.5. The fourth-order valence-electron chi connectivity index (χ4n) is 6.01. The van der Waals surface area contributed by atoms with Crippen molar-refractivity contribution >= 4 is 43.7 Å². The van der Waals surface area contributed by atoms with Gasteiger partial charge < -0.3 is 8.98 Å². The first-order valence-corrected chi connectivity index (χ1v) is 13.2. The van der Waals surface area contributed by atoms with Crippen molar-refractivity contribution in [1.82, 2.24) is 9.55 Å². The van der Waals surface area contributed by atoms with Crippen LogP contribution in [0.2, 0.25) is 0 Å². The third kappa shape index (κ3) is 3.22. The number of benzene rings is 5. The lowest BCUT2D eigenvalue weighted by atomic mass is 9.97. The fourth-order valence-corrected chi connectivity index (χ4v) is 6.01. The summed E-state index contributed by atoms with van der Waals surface area (Å²) in [5.74, 6) is 0. The lowest BCUT2D eigenvalue weighted by molar-refractivity contribution is 0.669. The lowest BCUT2D eigenvalue weighted by Crippen LogP contribution is -1.97.